The number of aryl methyl sites for hydroxylation is 1. The highest BCUT2D eigenvalue weighted by Crippen LogP contribution is 2.48. The van der Waals surface area contributed by atoms with Crippen molar-refractivity contribution in [1.29, 1.82) is 0 Å². The summed E-state index contributed by atoms with van der Waals surface area (Å²) < 4.78 is 46.7. The molecule has 7 heteroatoms. The summed E-state index contributed by atoms with van der Waals surface area (Å²) in [5.74, 6) is -1.15. The number of halogens is 1. The van der Waals surface area contributed by atoms with Gasteiger partial charge >= 0.3 is 5.97 Å². The van der Waals surface area contributed by atoms with E-state index in [9.17, 15) is 17.6 Å². The van der Waals surface area contributed by atoms with E-state index in [-0.39, 0.29) is 16.4 Å². The zero-order valence-electron chi connectivity index (χ0n) is 16.1. The predicted molar refractivity (Wildman–Crippen MR) is 107 cm³/mol. The Morgan fingerprint density at radius 2 is 1.86 bits per heavy atom. The van der Waals surface area contributed by atoms with E-state index in [1.807, 2.05) is 31.2 Å². The van der Waals surface area contributed by atoms with Crippen molar-refractivity contribution in [3.63, 3.8) is 0 Å². The number of ether oxygens (including phenoxy) is 1. The van der Waals surface area contributed by atoms with Crippen molar-refractivity contribution < 1.29 is 22.3 Å². The lowest BCUT2D eigenvalue weighted by atomic mass is 9.98. The van der Waals surface area contributed by atoms with Gasteiger partial charge in [0, 0.05) is 11.8 Å². The molecule has 1 aromatic heterocycles. The van der Waals surface area contributed by atoms with Crippen LogP contribution in [-0.2, 0) is 14.8 Å². The van der Waals surface area contributed by atoms with E-state index in [1.54, 1.807) is 0 Å². The summed E-state index contributed by atoms with van der Waals surface area (Å²) in [6, 6.07) is 12.3. The van der Waals surface area contributed by atoms with Gasteiger partial charge in [0.15, 0.2) is 0 Å². The minimum atomic E-state index is -4.14. The Morgan fingerprint density at radius 3 is 2.48 bits per heavy atom. The number of benzene rings is 2. The van der Waals surface area contributed by atoms with Crippen LogP contribution in [0.15, 0.2) is 59.6 Å². The van der Waals surface area contributed by atoms with Crippen LogP contribution < -0.4 is 0 Å². The number of esters is 1. The second-order valence-corrected chi connectivity index (χ2v) is 8.96. The van der Waals surface area contributed by atoms with E-state index in [0.29, 0.717) is 16.8 Å². The van der Waals surface area contributed by atoms with Crippen LogP contribution in [0.3, 0.4) is 0 Å². The highest BCUT2D eigenvalue weighted by molar-refractivity contribution is 7.90. The van der Waals surface area contributed by atoms with Crippen molar-refractivity contribution >= 4 is 16.0 Å². The molecule has 0 aliphatic heterocycles. The van der Waals surface area contributed by atoms with Gasteiger partial charge in [-0.05, 0) is 55.0 Å². The maximum Gasteiger partial charge on any atom is 0.339 e. The largest absolute Gasteiger partial charge is 0.465 e. The van der Waals surface area contributed by atoms with Gasteiger partial charge in [-0.2, -0.15) is 0 Å². The zero-order valence-corrected chi connectivity index (χ0v) is 16.9. The van der Waals surface area contributed by atoms with Gasteiger partial charge in [-0.1, -0.05) is 30.3 Å². The fourth-order valence-corrected chi connectivity index (χ4v) is 5.01. The van der Waals surface area contributed by atoms with Crippen LogP contribution in [0.1, 0.15) is 40.2 Å². The highest BCUT2D eigenvalue weighted by Gasteiger charge is 2.37. The maximum atomic E-state index is 13.8. The molecular formula is C22H20FNO4S. The van der Waals surface area contributed by atoms with Crippen molar-refractivity contribution in [2.45, 2.75) is 30.6 Å². The van der Waals surface area contributed by atoms with Gasteiger partial charge in [-0.15, -0.1) is 0 Å². The van der Waals surface area contributed by atoms with E-state index in [0.717, 1.165) is 28.4 Å². The van der Waals surface area contributed by atoms with Gasteiger partial charge in [0.1, 0.15) is 5.82 Å². The zero-order chi connectivity index (χ0) is 20.8. The third-order valence-electron chi connectivity index (χ3n) is 5.16. The molecule has 0 N–H and O–H groups in total. The summed E-state index contributed by atoms with van der Waals surface area (Å²) in [5.41, 5.74) is 2.93. The molecule has 5 nitrogen and oxygen atoms in total. The molecule has 3 aromatic rings. The van der Waals surface area contributed by atoms with Gasteiger partial charge < -0.3 is 4.74 Å². The summed E-state index contributed by atoms with van der Waals surface area (Å²) in [6.07, 6.45) is 3.04. The lowest BCUT2D eigenvalue weighted by Gasteiger charge is -2.14. The van der Waals surface area contributed by atoms with Crippen LogP contribution in [0.4, 0.5) is 4.39 Å². The van der Waals surface area contributed by atoms with E-state index in [1.165, 1.54) is 31.5 Å². The summed E-state index contributed by atoms with van der Waals surface area (Å²) in [6.45, 7) is 1.88. The van der Waals surface area contributed by atoms with Crippen LogP contribution >= 0.6 is 0 Å². The Kier molecular flexibility index (Phi) is 4.78. The number of methoxy groups -OCH3 is 1. The van der Waals surface area contributed by atoms with E-state index in [4.69, 9.17) is 4.74 Å². The first-order valence-electron chi connectivity index (χ1n) is 9.25. The molecule has 29 heavy (non-hydrogen) atoms. The quantitative estimate of drug-likeness (QED) is 0.578. The first kappa shape index (κ1) is 19.4. The second kappa shape index (κ2) is 7.15. The predicted octanol–water partition coefficient (Wildman–Crippen LogP) is 4.50. The Morgan fingerprint density at radius 1 is 1.14 bits per heavy atom. The van der Waals surface area contributed by atoms with Crippen molar-refractivity contribution in [3.05, 3.63) is 77.2 Å². The molecule has 0 spiro atoms. The SMILES string of the molecule is COC(=O)c1cn(S(=O)(=O)c2cccc(F)c2)c(-c2ccccc2C)c1C1CC1. The maximum absolute atomic E-state index is 13.8. The molecular weight excluding hydrogens is 393 g/mol. The van der Waals surface area contributed by atoms with Gasteiger partial charge in [0.2, 0.25) is 0 Å². The number of nitrogens with zero attached hydrogens (tertiary/aromatic N) is 1. The molecule has 0 unspecified atom stereocenters. The molecule has 4 rings (SSSR count). The molecule has 1 heterocycles. The third-order valence-corrected chi connectivity index (χ3v) is 6.81. The fraction of sp³-hybridized carbons (Fsp3) is 0.227. The molecule has 0 saturated heterocycles. The normalized spacial score (nSPS) is 14.0. The number of hydrogen-bond acceptors (Lipinski definition) is 4. The molecule has 0 amide bonds. The smallest absolute Gasteiger partial charge is 0.339 e. The molecule has 1 saturated carbocycles. The summed E-state index contributed by atoms with van der Waals surface area (Å²) in [4.78, 5) is 12.3. The minimum absolute atomic E-state index is 0.0858. The number of rotatable bonds is 5. The monoisotopic (exact) mass is 413 g/mol. The highest BCUT2D eigenvalue weighted by atomic mass is 32.2. The van der Waals surface area contributed by atoms with Gasteiger partial charge in [-0.3, -0.25) is 0 Å². The third kappa shape index (κ3) is 3.35. The molecule has 0 atom stereocenters. The number of hydrogen-bond donors (Lipinski definition) is 0. The molecule has 1 fully saturated rings. The van der Waals surface area contributed by atoms with Crippen molar-refractivity contribution in [1.82, 2.24) is 3.97 Å². The Balaban J connectivity index is 2.06. The first-order chi connectivity index (χ1) is 13.8. The minimum Gasteiger partial charge on any atom is -0.465 e. The van der Waals surface area contributed by atoms with Crippen molar-refractivity contribution in [2.75, 3.05) is 7.11 Å². The van der Waals surface area contributed by atoms with Crippen LogP contribution in [0, 0.1) is 12.7 Å². The molecule has 1 aliphatic carbocycles. The Labute approximate surface area is 168 Å². The van der Waals surface area contributed by atoms with Crippen LogP contribution in [-0.4, -0.2) is 25.5 Å². The lowest BCUT2D eigenvalue weighted by molar-refractivity contribution is 0.0599. The molecule has 2 aromatic carbocycles. The number of aromatic nitrogens is 1. The van der Waals surface area contributed by atoms with E-state index >= 15 is 0 Å². The van der Waals surface area contributed by atoms with Crippen LogP contribution in [0.2, 0.25) is 0 Å². The van der Waals surface area contributed by atoms with Crippen LogP contribution in [0.5, 0.6) is 0 Å². The fourth-order valence-electron chi connectivity index (χ4n) is 3.59. The van der Waals surface area contributed by atoms with Gasteiger partial charge in [-0.25, -0.2) is 21.6 Å². The number of carbonyl (C=O) groups is 1. The molecule has 0 bridgehead atoms. The summed E-state index contributed by atoms with van der Waals surface area (Å²) >= 11 is 0. The number of carbonyl (C=O) groups excluding carboxylic acids is 1. The van der Waals surface area contributed by atoms with Crippen molar-refractivity contribution in [2.24, 2.45) is 0 Å². The topological polar surface area (TPSA) is 65.4 Å². The average molecular weight is 413 g/mol. The Bertz CT molecular complexity index is 1210. The summed E-state index contributed by atoms with van der Waals surface area (Å²) in [5, 5.41) is 0. The van der Waals surface area contributed by atoms with Crippen molar-refractivity contribution in [3.8, 4) is 11.3 Å². The summed E-state index contributed by atoms with van der Waals surface area (Å²) in [7, 11) is -2.87. The molecule has 1 aliphatic rings. The van der Waals surface area contributed by atoms with E-state index in [2.05, 4.69) is 0 Å². The molecule has 150 valence electrons. The van der Waals surface area contributed by atoms with E-state index < -0.39 is 21.8 Å². The first-order valence-corrected chi connectivity index (χ1v) is 10.7. The standard InChI is InChI=1S/C22H20FNO4S/c1-14-6-3-4-9-18(14)21-20(15-10-11-15)19(22(25)28-2)13-24(21)29(26,27)17-8-5-7-16(23)12-17/h3-9,12-13,15H,10-11H2,1-2H3. The molecule has 0 radical (unpaired) electrons. The van der Waals surface area contributed by atoms with Crippen LogP contribution in [0.25, 0.3) is 11.3 Å². The average Bonchev–Trinajstić information content (AvgIpc) is 3.47. The second-order valence-electron chi connectivity index (χ2n) is 7.14. The van der Waals surface area contributed by atoms with Gasteiger partial charge in [0.05, 0.1) is 23.3 Å². The lowest BCUT2D eigenvalue weighted by Crippen LogP contribution is -2.14. The van der Waals surface area contributed by atoms with Gasteiger partial charge in [0.25, 0.3) is 10.0 Å². The Hall–Kier alpha value is -2.93.